The van der Waals surface area contributed by atoms with Crippen LogP contribution in [-0.2, 0) is 9.53 Å². The first kappa shape index (κ1) is 15.6. The van der Waals surface area contributed by atoms with E-state index in [2.05, 4.69) is 5.32 Å². The molecule has 5 heteroatoms. The van der Waals surface area contributed by atoms with Gasteiger partial charge in [-0.05, 0) is 37.8 Å². The number of hydrogen-bond acceptors (Lipinski definition) is 4. The highest BCUT2D eigenvalue weighted by atomic mass is 16.5. The third-order valence-electron chi connectivity index (χ3n) is 4.03. The molecule has 0 unspecified atom stereocenters. The Morgan fingerprint density at radius 1 is 1.05 bits per heavy atom. The molecule has 116 valence electrons. The van der Waals surface area contributed by atoms with Crippen molar-refractivity contribution < 1.29 is 19.0 Å². The zero-order valence-corrected chi connectivity index (χ0v) is 12.8. The molecule has 5 nitrogen and oxygen atoms in total. The summed E-state index contributed by atoms with van der Waals surface area (Å²) in [6.45, 7) is 0. The van der Waals surface area contributed by atoms with Crippen molar-refractivity contribution in [3.8, 4) is 11.5 Å². The molecule has 1 aliphatic carbocycles. The van der Waals surface area contributed by atoms with E-state index in [0.29, 0.717) is 17.6 Å². The molecule has 0 heterocycles. The molecule has 0 saturated heterocycles. The molecule has 1 fully saturated rings. The van der Waals surface area contributed by atoms with Crippen molar-refractivity contribution in [2.45, 2.75) is 31.8 Å². The van der Waals surface area contributed by atoms with Gasteiger partial charge in [-0.3, -0.25) is 4.79 Å². The molecule has 1 aromatic carbocycles. The number of carbonyl (C=O) groups is 1. The van der Waals surface area contributed by atoms with Gasteiger partial charge in [0.15, 0.2) is 11.5 Å². The summed E-state index contributed by atoms with van der Waals surface area (Å²) in [7, 11) is 4.90. The average Bonchev–Trinajstić information content (AvgIpc) is 2.54. The number of amides is 1. The summed E-state index contributed by atoms with van der Waals surface area (Å²) >= 11 is 0. The average molecular weight is 293 g/mol. The quantitative estimate of drug-likeness (QED) is 0.907. The topological polar surface area (TPSA) is 56.8 Å². The Morgan fingerprint density at radius 2 is 1.71 bits per heavy atom. The van der Waals surface area contributed by atoms with E-state index in [1.807, 2.05) is 6.07 Å². The van der Waals surface area contributed by atoms with E-state index in [9.17, 15) is 4.79 Å². The minimum absolute atomic E-state index is 0.0597. The number of rotatable bonds is 5. The van der Waals surface area contributed by atoms with Gasteiger partial charge < -0.3 is 19.5 Å². The second kappa shape index (κ2) is 7.31. The van der Waals surface area contributed by atoms with Crippen molar-refractivity contribution >= 4 is 11.6 Å². The second-order valence-corrected chi connectivity index (χ2v) is 5.27. The van der Waals surface area contributed by atoms with Gasteiger partial charge in [0.2, 0.25) is 5.91 Å². The second-order valence-electron chi connectivity index (χ2n) is 5.27. The predicted octanol–water partition coefficient (Wildman–Crippen LogP) is 2.85. The Labute approximate surface area is 125 Å². The van der Waals surface area contributed by atoms with Gasteiger partial charge in [0.25, 0.3) is 0 Å². The molecule has 1 N–H and O–H groups in total. The Balaban J connectivity index is 1.96. The molecular formula is C16H23NO4. The smallest absolute Gasteiger partial charge is 0.227 e. The number of ether oxygens (including phenoxy) is 3. The summed E-state index contributed by atoms with van der Waals surface area (Å²) in [5, 5.41) is 2.96. The van der Waals surface area contributed by atoms with Crippen LogP contribution in [-0.4, -0.2) is 33.3 Å². The minimum Gasteiger partial charge on any atom is -0.493 e. The fourth-order valence-corrected chi connectivity index (χ4v) is 2.72. The minimum atomic E-state index is 0.0597. The Morgan fingerprint density at radius 3 is 2.29 bits per heavy atom. The normalized spacial score (nSPS) is 21.7. The van der Waals surface area contributed by atoms with Crippen LogP contribution in [0, 0.1) is 5.92 Å². The maximum Gasteiger partial charge on any atom is 0.227 e. The first-order valence-electron chi connectivity index (χ1n) is 7.23. The molecular weight excluding hydrogens is 270 g/mol. The third kappa shape index (κ3) is 3.88. The molecule has 1 aromatic rings. The van der Waals surface area contributed by atoms with E-state index >= 15 is 0 Å². The van der Waals surface area contributed by atoms with E-state index in [0.717, 1.165) is 31.4 Å². The van der Waals surface area contributed by atoms with E-state index in [4.69, 9.17) is 14.2 Å². The molecule has 0 radical (unpaired) electrons. The number of nitrogens with one attached hydrogen (secondary N) is 1. The van der Waals surface area contributed by atoms with Gasteiger partial charge in [-0.1, -0.05) is 0 Å². The lowest BCUT2D eigenvalue weighted by Gasteiger charge is -2.26. The van der Waals surface area contributed by atoms with Gasteiger partial charge in [-0.15, -0.1) is 0 Å². The van der Waals surface area contributed by atoms with E-state index in [1.165, 1.54) is 0 Å². The third-order valence-corrected chi connectivity index (χ3v) is 4.03. The summed E-state index contributed by atoms with van der Waals surface area (Å²) in [4.78, 5) is 12.3. The summed E-state index contributed by atoms with van der Waals surface area (Å²) in [6, 6.07) is 5.38. The number of carbonyl (C=O) groups excluding carboxylic acids is 1. The van der Waals surface area contributed by atoms with Crippen molar-refractivity contribution in [2.75, 3.05) is 26.6 Å². The molecule has 1 amide bonds. The van der Waals surface area contributed by atoms with Crippen LogP contribution < -0.4 is 14.8 Å². The predicted molar refractivity (Wildman–Crippen MR) is 80.9 cm³/mol. The van der Waals surface area contributed by atoms with E-state index < -0.39 is 0 Å². The van der Waals surface area contributed by atoms with Crippen molar-refractivity contribution in [1.82, 2.24) is 0 Å². The molecule has 0 aliphatic heterocycles. The van der Waals surface area contributed by atoms with Crippen LogP contribution in [0.2, 0.25) is 0 Å². The molecule has 1 saturated carbocycles. The number of hydrogen-bond donors (Lipinski definition) is 1. The summed E-state index contributed by atoms with van der Waals surface area (Å²) in [5.74, 6) is 1.38. The summed E-state index contributed by atoms with van der Waals surface area (Å²) in [5.41, 5.74) is 0.728. The van der Waals surface area contributed by atoms with Crippen molar-refractivity contribution in [3.63, 3.8) is 0 Å². The SMILES string of the molecule is COc1ccc(NC(=O)C2CCC(OC)CC2)cc1OC. The summed E-state index contributed by atoms with van der Waals surface area (Å²) < 4.78 is 15.8. The van der Waals surface area contributed by atoms with E-state index in [1.54, 1.807) is 33.5 Å². The van der Waals surface area contributed by atoms with Crippen LogP contribution in [0.3, 0.4) is 0 Å². The zero-order chi connectivity index (χ0) is 15.2. The van der Waals surface area contributed by atoms with Gasteiger partial charge in [0.05, 0.1) is 20.3 Å². The number of anilines is 1. The number of methoxy groups -OCH3 is 3. The molecule has 2 rings (SSSR count). The highest BCUT2D eigenvalue weighted by molar-refractivity contribution is 5.92. The van der Waals surface area contributed by atoms with Crippen LogP contribution in [0.5, 0.6) is 11.5 Å². The largest absolute Gasteiger partial charge is 0.493 e. The molecule has 0 bridgehead atoms. The van der Waals surface area contributed by atoms with Crippen LogP contribution in [0.4, 0.5) is 5.69 Å². The molecule has 0 aromatic heterocycles. The van der Waals surface area contributed by atoms with E-state index in [-0.39, 0.29) is 11.8 Å². The van der Waals surface area contributed by atoms with Gasteiger partial charge in [0, 0.05) is 24.8 Å². The lowest BCUT2D eigenvalue weighted by Crippen LogP contribution is -2.29. The first-order valence-corrected chi connectivity index (χ1v) is 7.23. The van der Waals surface area contributed by atoms with Gasteiger partial charge in [-0.25, -0.2) is 0 Å². The fraction of sp³-hybridized carbons (Fsp3) is 0.562. The Kier molecular flexibility index (Phi) is 5.44. The maximum absolute atomic E-state index is 12.3. The Hall–Kier alpha value is -1.75. The lowest BCUT2D eigenvalue weighted by molar-refractivity contribution is -0.121. The van der Waals surface area contributed by atoms with Crippen LogP contribution in [0.1, 0.15) is 25.7 Å². The highest BCUT2D eigenvalue weighted by Crippen LogP contribution is 2.31. The monoisotopic (exact) mass is 293 g/mol. The molecule has 0 atom stereocenters. The van der Waals surface area contributed by atoms with Crippen molar-refractivity contribution in [1.29, 1.82) is 0 Å². The molecule has 0 spiro atoms. The van der Waals surface area contributed by atoms with Gasteiger partial charge in [-0.2, -0.15) is 0 Å². The van der Waals surface area contributed by atoms with Gasteiger partial charge in [0.1, 0.15) is 0 Å². The summed E-state index contributed by atoms with van der Waals surface area (Å²) in [6.07, 6.45) is 3.94. The van der Waals surface area contributed by atoms with Crippen molar-refractivity contribution in [3.05, 3.63) is 18.2 Å². The van der Waals surface area contributed by atoms with Crippen LogP contribution in [0.25, 0.3) is 0 Å². The first-order chi connectivity index (χ1) is 10.2. The zero-order valence-electron chi connectivity index (χ0n) is 12.8. The Bertz CT molecular complexity index is 481. The molecule has 1 aliphatic rings. The van der Waals surface area contributed by atoms with Crippen LogP contribution >= 0.6 is 0 Å². The molecule has 21 heavy (non-hydrogen) atoms. The standard InChI is InChI=1S/C16H23NO4/c1-19-13-7-4-11(5-8-13)16(18)17-12-6-9-14(20-2)15(10-12)21-3/h6,9-11,13H,4-5,7-8H2,1-3H3,(H,17,18). The fourth-order valence-electron chi connectivity index (χ4n) is 2.72. The van der Waals surface area contributed by atoms with Gasteiger partial charge >= 0.3 is 0 Å². The van der Waals surface area contributed by atoms with Crippen molar-refractivity contribution in [2.24, 2.45) is 5.92 Å². The lowest BCUT2D eigenvalue weighted by atomic mass is 9.87. The van der Waals surface area contributed by atoms with Crippen LogP contribution in [0.15, 0.2) is 18.2 Å². The maximum atomic E-state index is 12.3. The number of benzene rings is 1. The highest BCUT2D eigenvalue weighted by Gasteiger charge is 2.26.